The zero-order valence-corrected chi connectivity index (χ0v) is 16.9. The number of carbonyl (C=O) groups is 1. The number of alkyl halides is 3. The molecule has 8 heteroatoms. The van der Waals surface area contributed by atoms with E-state index in [1.807, 2.05) is 27.7 Å². The molecule has 0 spiro atoms. The second kappa shape index (κ2) is 9.68. The lowest BCUT2D eigenvalue weighted by atomic mass is 10.1. The first-order valence-corrected chi connectivity index (χ1v) is 9.14. The molecule has 0 N–H and O–H groups in total. The Balaban J connectivity index is 0.000000921. The van der Waals surface area contributed by atoms with Crippen LogP contribution in [0.4, 0.5) is 17.6 Å². The lowest BCUT2D eigenvalue weighted by Gasteiger charge is -2.13. The fraction of sp³-hybridized carbons (Fsp3) is 0.300. The lowest BCUT2D eigenvalue weighted by Crippen LogP contribution is -2.20. The van der Waals surface area contributed by atoms with Crippen LogP contribution in [0, 0.1) is 12.7 Å². The van der Waals surface area contributed by atoms with E-state index in [9.17, 15) is 22.4 Å². The summed E-state index contributed by atoms with van der Waals surface area (Å²) in [6, 6.07) is 6.98. The number of aromatic nitrogens is 2. The van der Waals surface area contributed by atoms with Crippen LogP contribution in [0.3, 0.4) is 0 Å². The van der Waals surface area contributed by atoms with Crippen LogP contribution in [0.15, 0.2) is 36.4 Å². The number of halogens is 5. The Labute approximate surface area is 165 Å². The van der Waals surface area contributed by atoms with Gasteiger partial charge in [0.2, 0.25) is 0 Å². The number of hydrogen-bond acceptors (Lipinski definition) is 2. The third kappa shape index (κ3) is 4.52. The Morgan fingerprint density at radius 1 is 1.04 bits per heavy atom. The third-order valence-electron chi connectivity index (χ3n) is 3.56. The van der Waals surface area contributed by atoms with E-state index in [0.717, 1.165) is 16.8 Å². The number of rotatable bonds is 1. The van der Waals surface area contributed by atoms with Crippen molar-refractivity contribution in [1.29, 1.82) is 0 Å². The first kappa shape index (κ1) is 23.6. The van der Waals surface area contributed by atoms with Crippen molar-refractivity contribution >= 4 is 28.4 Å². The summed E-state index contributed by atoms with van der Waals surface area (Å²) in [5.41, 5.74) is -1.62. The van der Waals surface area contributed by atoms with Gasteiger partial charge in [-0.3, -0.25) is 4.79 Å². The Morgan fingerprint density at radius 2 is 1.61 bits per heavy atom. The van der Waals surface area contributed by atoms with Crippen LogP contribution in [-0.2, 0) is 6.18 Å². The molecular formula is C20H21ClF4N2O. The summed E-state index contributed by atoms with van der Waals surface area (Å²) in [5.74, 6) is -1.68. The highest BCUT2D eigenvalue weighted by Crippen LogP contribution is 2.36. The average molecular weight is 417 g/mol. The van der Waals surface area contributed by atoms with Gasteiger partial charge in [-0.2, -0.15) is 23.0 Å². The first-order valence-electron chi connectivity index (χ1n) is 8.76. The standard InChI is InChI=1S/C16H9ClF4N2O.2C2H6/c1-8-13-11(18)6-3-7-12(13)23(22-8)15(24)14-9(16(19,20)21)4-2-5-10(14)17;2*1-2/h2-7H,1H3;2*1-2H3. The summed E-state index contributed by atoms with van der Waals surface area (Å²) in [6.45, 7) is 9.46. The number of fused-ring (bicyclic) bond motifs is 1. The van der Waals surface area contributed by atoms with Crippen LogP contribution in [0.5, 0.6) is 0 Å². The number of carbonyl (C=O) groups excluding carboxylic acids is 1. The fourth-order valence-electron chi connectivity index (χ4n) is 2.54. The molecule has 0 fully saturated rings. The predicted octanol–water partition coefficient (Wildman–Crippen LogP) is 6.90. The van der Waals surface area contributed by atoms with Crippen molar-refractivity contribution in [1.82, 2.24) is 9.78 Å². The lowest BCUT2D eigenvalue weighted by molar-refractivity contribution is -0.137. The molecule has 0 bridgehead atoms. The van der Waals surface area contributed by atoms with Crippen molar-refractivity contribution in [3.05, 3.63) is 64.1 Å². The van der Waals surface area contributed by atoms with Crippen LogP contribution >= 0.6 is 11.6 Å². The van der Waals surface area contributed by atoms with Crippen LogP contribution in [0.25, 0.3) is 10.9 Å². The molecule has 3 rings (SSSR count). The Hall–Kier alpha value is -2.41. The SMILES string of the molecule is CC.CC.Cc1nn(C(=O)c2c(Cl)cccc2C(F)(F)F)c2cccc(F)c12. The molecule has 2 aromatic carbocycles. The van der Waals surface area contributed by atoms with E-state index >= 15 is 0 Å². The van der Waals surface area contributed by atoms with Gasteiger partial charge in [0, 0.05) is 0 Å². The molecule has 28 heavy (non-hydrogen) atoms. The van der Waals surface area contributed by atoms with E-state index < -0.39 is 29.0 Å². The summed E-state index contributed by atoms with van der Waals surface area (Å²) in [6.07, 6.45) is -4.76. The van der Waals surface area contributed by atoms with Crippen molar-refractivity contribution in [2.75, 3.05) is 0 Å². The molecule has 0 atom stereocenters. The minimum atomic E-state index is -4.76. The number of hydrogen-bond donors (Lipinski definition) is 0. The Bertz CT molecular complexity index is 965. The van der Waals surface area contributed by atoms with Crippen LogP contribution in [0.2, 0.25) is 5.02 Å². The van der Waals surface area contributed by atoms with Gasteiger partial charge in [0.25, 0.3) is 5.91 Å². The summed E-state index contributed by atoms with van der Waals surface area (Å²) in [5, 5.41) is 3.61. The van der Waals surface area contributed by atoms with Gasteiger partial charge in [-0.1, -0.05) is 51.4 Å². The average Bonchev–Trinajstić information content (AvgIpc) is 3.01. The summed E-state index contributed by atoms with van der Waals surface area (Å²) in [7, 11) is 0. The molecular weight excluding hydrogens is 396 g/mol. The molecule has 0 aliphatic carbocycles. The van der Waals surface area contributed by atoms with Crippen molar-refractivity contribution in [3.63, 3.8) is 0 Å². The zero-order chi connectivity index (χ0) is 21.6. The fourth-order valence-corrected chi connectivity index (χ4v) is 2.80. The van der Waals surface area contributed by atoms with Crippen LogP contribution < -0.4 is 0 Å². The molecule has 0 aliphatic rings. The monoisotopic (exact) mass is 416 g/mol. The summed E-state index contributed by atoms with van der Waals surface area (Å²) < 4.78 is 54.2. The number of nitrogens with zero attached hydrogens (tertiary/aromatic N) is 2. The van der Waals surface area contributed by atoms with Gasteiger partial charge in [0.1, 0.15) is 5.82 Å². The first-order chi connectivity index (χ1) is 13.2. The van der Waals surface area contributed by atoms with Crippen molar-refractivity contribution < 1.29 is 22.4 Å². The van der Waals surface area contributed by atoms with Gasteiger partial charge in [0.15, 0.2) is 0 Å². The largest absolute Gasteiger partial charge is 0.417 e. The molecule has 3 aromatic rings. The van der Waals surface area contributed by atoms with Gasteiger partial charge in [0.05, 0.1) is 32.7 Å². The van der Waals surface area contributed by atoms with E-state index in [1.54, 1.807) is 0 Å². The van der Waals surface area contributed by atoms with Gasteiger partial charge < -0.3 is 0 Å². The molecule has 3 nitrogen and oxygen atoms in total. The van der Waals surface area contributed by atoms with Crippen molar-refractivity contribution in [2.24, 2.45) is 0 Å². The quantitative estimate of drug-likeness (QED) is 0.404. The molecule has 0 unspecified atom stereocenters. The molecule has 0 radical (unpaired) electrons. The smallest absolute Gasteiger partial charge is 0.267 e. The third-order valence-corrected chi connectivity index (χ3v) is 3.87. The highest BCUT2D eigenvalue weighted by Gasteiger charge is 2.37. The topological polar surface area (TPSA) is 34.9 Å². The molecule has 0 saturated heterocycles. The van der Waals surface area contributed by atoms with Gasteiger partial charge in [-0.25, -0.2) is 4.39 Å². The van der Waals surface area contributed by atoms with E-state index in [2.05, 4.69) is 5.10 Å². The van der Waals surface area contributed by atoms with Gasteiger partial charge in [-0.05, 0) is 31.2 Å². The molecule has 1 heterocycles. The molecule has 1 aromatic heterocycles. The normalized spacial score (nSPS) is 10.6. The summed E-state index contributed by atoms with van der Waals surface area (Å²) in [4.78, 5) is 12.7. The van der Waals surface area contributed by atoms with Gasteiger partial charge in [-0.15, -0.1) is 0 Å². The highest BCUT2D eigenvalue weighted by molar-refractivity contribution is 6.34. The maximum Gasteiger partial charge on any atom is 0.417 e. The summed E-state index contributed by atoms with van der Waals surface area (Å²) >= 11 is 5.83. The van der Waals surface area contributed by atoms with Crippen LogP contribution in [-0.4, -0.2) is 15.7 Å². The van der Waals surface area contributed by atoms with Gasteiger partial charge >= 0.3 is 6.18 Å². The number of benzene rings is 2. The Kier molecular flexibility index (Phi) is 8.17. The van der Waals surface area contributed by atoms with Crippen LogP contribution in [0.1, 0.15) is 49.3 Å². The van der Waals surface area contributed by atoms with E-state index in [4.69, 9.17) is 11.6 Å². The van der Waals surface area contributed by atoms with Crippen molar-refractivity contribution in [2.45, 2.75) is 40.8 Å². The van der Waals surface area contributed by atoms with Crippen molar-refractivity contribution in [3.8, 4) is 0 Å². The molecule has 152 valence electrons. The number of aryl methyl sites for hydroxylation is 1. The zero-order valence-electron chi connectivity index (χ0n) is 16.2. The minimum absolute atomic E-state index is 0.0746. The van der Waals surface area contributed by atoms with E-state index in [1.165, 1.54) is 31.2 Å². The maximum atomic E-state index is 13.9. The predicted molar refractivity (Wildman–Crippen MR) is 103 cm³/mol. The van der Waals surface area contributed by atoms with E-state index in [0.29, 0.717) is 0 Å². The second-order valence-corrected chi connectivity index (χ2v) is 5.50. The van der Waals surface area contributed by atoms with E-state index in [-0.39, 0.29) is 21.6 Å². The molecule has 0 amide bonds. The molecule has 0 saturated carbocycles. The second-order valence-electron chi connectivity index (χ2n) is 5.10. The minimum Gasteiger partial charge on any atom is -0.267 e. The molecule has 0 aliphatic heterocycles. The Morgan fingerprint density at radius 3 is 2.18 bits per heavy atom. The maximum absolute atomic E-state index is 13.9. The highest BCUT2D eigenvalue weighted by atomic mass is 35.5.